The molecule has 0 bridgehead atoms. The predicted octanol–water partition coefficient (Wildman–Crippen LogP) is 2.57. The van der Waals surface area contributed by atoms with E-state index < -0.39 is 5.54 Å². The summed E-state index contributed by atoms with van der Waals surface area (Å²) in [5, 5.41) is 2.92. The third-order valence-electron chi connectivity index (χ3n) is 5.02. The van der Waals surface area contributed by atoms with E-state index in [9.17, 15) is 9.59 Å². The highest BCUT2D eigenvalue weighted by molar-refractivity contribution is 6.07. The molecule has 1 aromatic carbocycles. The Labute approximate surface area is 142 Å². The summed E-state index contributed by atoms with van der Waals surface area (Å²) in [5.74, 6) is 1.96. The van der Waals surface area contributed by atoms with Gasteiger partial charge in [-0.25, -0.2) is 4.79 Å². The molecule has 0 aromatic heterocycles. The second kappa shape index (κ2) is 6.71. The standard InChI is InChI=1S/C18H24N2O4/c1-13-7-9-18(10-8-13)16(21)20(17(22)19-18)11-12-24-15-5-3-14(23-2)4-6-15/h3-6,13H,7-12H2,1-2H3,(H,19,22). The molecule has 24 heavy (non-hydrogen) atoms. The summed E-state index contributed by atoms with van der Waals surface area (Å²) in [6, 6.07) is 6.92. The minimum absolute atomic E-state index is 0.0993. The third-order valence-corrected chi connectivity index (χ3v) is 5.02. The van der Waals surface area contributed by atoms with Gasteiger partial charge in [0.25, 0.3) is 5.91 Å². The monoisotopic (exact) mass is 332 g/mol. The Morgan fingerprint density at radius 1 is 1.17 bits per heavy atom. The lowest BCUT2D eigenvalue weighted by Crippen LogP contribution is -2.49. The first-order valence-electron chi connectivity index (χ1n) is 8.45. The van der Waals surface area contributed by atoms with Crippen LogP contribution in [-0.2, 0) is 4.79 Å². The maximum atomic E-state index is 12.7. The number of imide groups is 1. The largest absolute Gasteiger partial charge is 0.497 e. The van der Waals surface area contributed by atoms with E-state index in [2.05, 4.69) is 12.2 Å². The first-order chi connectivity index (χ1) is 11.5. The average molecular weight is 332 g/mol. The molecular formula is C18H24N2O4. The summed E-state index contributed by atoms with van der Waals surface area (Å²) >= 11 is 0. The highest BCUT2D eigenvalue weighted by atomic mass is 16.5. The number of urea groups is 1. The van der Waals surface area contributed by atoms with Gasteiger partial charge in [-0.15, -0.1) is 0 Å². The quantitative estimate of drug-likeness (QED) is 0.842. The van der Waals surface area contributed by atoms with E-state index in [4.69, 9.17) is 9.47 Å². The van der Waals surface area contributed by atoms with E-state index in [1.54, 1.807) is 31.4 Å². The van der Waals surface area contributed by atoms with Crippen LogP contribution in [0.5, 0.6) is 11.5 Å². The van der Waals surface area contributed by atoms with Crippen molar-refractivity contribution in [2.75, 3.05) is 20.3 Å². The molecule has 0 radical (unpaired) electrons. The fourth-order valence-electron chi connectivity index (χ4n) is 3.40. The van der Waals surface area contributed by atoms with Gasteiger partial charge in [-0.1, -0.05) is 6.92 Å². The van der Waals surface area contributed by atoms with Gasteiger partial charge in [0, 0.05) is 0 Å². The normalized spacial score (nSPS) is 26.6. The second-order valence-corrected chi connectivity index (χ2v) is 6.68. The number of amides is 3. The van der Waals surface area contributed by atoms with Crippen molar-refractivity contribution < 1.29 is 19.1 Å². The van der Waals surface area contributed by atoms with Crippen LogP contribution in [0.1, 0.15) is 32.6 Å². The predicted molar refractivity (Wildman–Crippen MR) is 89.1 cm³/mol. The molecule has 1 saturated carbocycles. The van der Waals surface area contributed by atoms with Crippen LogP contribution in [0.3, 0.4) is 0 Å². The second-order valence-electron chi connectivity index (χ2n) is 6.68. The van der Waals surface area contributed by atoms with E-state index in [-0.39, 0.29) is 25.1 Å². The number of nitrogens with one attached hydrogen (secondary N) is 1. The zero-order valence-electron chi connectivity index (χ0n) is 14.2. The number of rotatable bonds is 5. The van der Waals surface area contributed by atoms with Gasteiger partial charge in [-0.05, 0) is 55.9 Å². The molecule has 1 saturated heterocycles. The first kappa shape index (κ1) is 16.6. The van der Waals surface area contributed by atoms with Crippen LogP contribution in [0.2, 0.25) is 0 Å². The van der Waals surface area contributed by atoms with Gasteiger partial charge >= 0.3 is 6.03 Å². The molecule has 1 aliphatic carbocycles. The van der Waals surface area contributed by atoms with Crippen LogP contribution < -0.4 is 14.8 Å². The highest BCUT2D eigenvalue weighted by Crippen LogP contribution is 2.36. The minimum Gasteiger partial charge on any atom is -0.497 e. The van der Waals surface area contributed by atoms with Crippen LogP contribution in [0.25, 0.3) is 0 Å². The number of benzene rings is 1. The van der Waals surface area contributed by atoms with Crippen LogP contribution in [0.4, 0.5) is 4.79 Å². The fraction of sp³-hybridized carbons (Fsp3) is 0.556. The number of hydrogen-bond acceptors (Lipinski definition) is 4. The van der Waals surface area contributed by atoms with Crippen molar-refractivity contribution in [1.82, 2.24) is 10.2 Å². The molecule has 6 heteroatoms. The molecule has 130 valence electrons. The first-order valence-corrected chi connectivity index (χ1v) is 8.45. The molecule has 6 nitrogen and oxygen atoms in total. The lowest BCUT2D eigenvalue weighted by molar-refractivity contribution is -0.132. The summed E-state index contributed by atoms with van der Waals surface area (Å²) < 4.78 is 10.7. The molecule has 1 heterocycles. The Bertz CT molecular complexity index is 606. The number of carbonyl (C=O) groups is 2. The molecule has 3 rings (SSSR count). The van der Waals surface area contributed by atoms with Gasteiger partial charge in [0.05, 0.1) is 13.7 Å². The average Bonchev–Trinajstić information content (AvgIpc) is 2.82. The molecule has 3 amide bonds. The van der Waals surface area contributed by atoms with Gasteiger partial charge in [-0.2, -0.15) is 0 Å². The Hall–Kier alpha value is -2.24. The van der Waals surface area contributed by atoms with Gasteiger partial charge in [-0.3, -0.25) is 9.69 Å². The van der Waals surface area contributed by atoms with Gasteiger partial charge < -0.3 is 14.8 Å². The van der Waals surface area contributed by atoms with Crippen molar-refractivity contribution in [2.24, 2.45) is 5.92 Å². The molecule has 2 aliphatic rings. The van der Waals surface area contributed by atoms with Crippen LogP contribution in [-0.4, -0.2) is 42.6 Å². The number of carbonyl (C=O) groups excluding carboxylic acids is 2. The molecular weight excluding hydrogens is 308 g/mol. The van der Waals surface area contributed by atoms with Crippen molar-refractivity contribution in [3.8, 4) is 11.5 Å². The Kier molecular flexibility index (Phi) is 4.64. The summed E-state index contributed by atoms with van der Waals surface area (Å²) in [6.45, 7) is 2.72. The number of ether oxygens (including phenoxy) is 2. The summed E-state index contributed by atoms with van der Waals surface area (Å²) in [5.41, 5.74) is -0.677. The molecule has 1 spiro atoms. The molecule has 1 aliphatic heterocycles. The zero-order valence-corrected chi connectivity index (χ0v) is 14.2. The lowest BCUT2D eigenvalue weighted by atomic mass is 9.77. The van der Waals surface area contributed by atoms with Gasteiger partial charge in [0.2, 0.25) is 0 Å². The summed E-state index contributed by atoms with van der Waals surface area (Å²) in [4.78, 5) is 26.2. The van der Waals surface area contributed by atoms with Crippen molar-refractivity contribution >= 4 is 11.9 Å². The third kappa shape index (κ3) is 3.18. The van der Waals surface area contributed by atoms with Crippen molar-refractivity contribution in [2.45, 2.75) is 38.1 Å². The smallest absolute Gasteiger partial charge is 0.325 e. The van der Waals surface area contributed by atoms with Crippen LogP contribution >= 0.6 is 0 Å². The maximum absolute atomic E-state index is 12.7. The summed E-state index contributed by atoms with van der Waals surface area (Å²) in [6.07, 6.45) is 3.41. The van der Waals surface area contributed by atoms with E-state index in [1.165, 1.54) is 4.90 Å². The van der Waals surface area contributed by atoms with Crippen molar-refractivity contribution in [3.05, 3.63) is 24.3 Å². The molecule has 0 atom stereocenters. The number of hydrogen-bond donors (Lipinski definition) is 1. The SMILES string of the molecule is COc1ccc(OCCN2C(=O)NC3(CCC(C)CC3)C2=O)cc1. The Morgan fingerprint density at radius 2 is 1.79 bits per heavy atom. The Balaban J connectivity index is 1.55. The fourth-order valence-corrected chi connectivity index (χ4v) is 3.40. The minimum atomic E-state index is -0.677. The lowest BCUT2D eigenvalue weighted by Gasteiger charge is -2.33. The molecule has 2 fully saturated rings. The van der Waals surface area contributed by atoms with E-state index >= 15 is 0 Å². The van der Waals surface area contributed by atoms with Crippen LogP contribution in [0.15, 0.2) is 24.3 Å². The number of methoxy groups -OCH3 is 1. The van der Waals surface area contributed by atoms with Crippen molar-refractivity contribution in [3.63, 3.8) is 0 Å². The van der Waals surface area contributed by atoms with Crippen molar-refractivity contribution in [1.29, 1.82) is 0 Å². The highest BCUT2D eigenvalue weighted by Gasteiger charge is 2.51. The topological polar surface area (TPSA) is 67.9 Å². The van der Waals surface area contributed by atoms with E-state index in [0.29, 0.717) is 11.7 Å². The number of nitrogens with zero attached hydrogens (tertiary/aromatic N) is 1. The Morgan fingerprint density at radius 3 is 2.42 bits per heavy atom. The van der Waals surface area contributed by atoms with Gasteiger partial charge in [0.1, 0.15) is 23.6 Å². The van der Waals surface area contributed by atoms with E-state index in [0.717, 1.165) is 31.4 Å². The zero-order chi connectivity index (χ0) is 17.2. The molecule has 1 N–H and O–H groups in total. The maximum Gasteiger partial charge on any atom is 0.325 e. The summed E-state index contributed by atoms with van der Waals surface area (Å²) in [7, 11) is 1.61. The molecule has 0 unspecified atom stereocenters. The molecule has 1 aromatic rings. The van der Waals surface area contributed by atoms with Gasteiger partial charge in [0.15, 0.2) is 0 Å². The van der Waals surface area contributed by atoms with Crippen LogP contribution in [0, 0.1) is 5.92 Å². The van der Waals surface area contributed by atoms with E-state index in [1.807, 2.05) is 0 Å².